The minimum absolute atomic E-state index is 0.203. The zero-order valence-electron chi connectivity index (χ0n) is 11.6. The van der Waals surface area contributed by atoms with E-state index in [0.717, 1.165) is 13.0 Å². The smallest absolute Gasteiger partial charge is 0.229 e. The van der Waals surface area contributed by atoms with E-state index >= 15 is 0 Å². The standard InChI is InChI=1S/C13H26N2O2/c1-13(2,11-7-5-6-8-14-11)12(16)15(3)9-10-17-4/h11,14H,5-10H2,1-4H3. The lowest BCUT2D eigenvalue weighted by atomic mass is 9.79. The van der Waals surface area contributed by atoms with Crippen molar-refractivity contribution in [1.82, 2.24) is 10.2 Å². The lowest BCUT2D eigenvalue weighted by molar-refractivity contribution is -0.141. The Balaban J connectivity index is 2.57. The lowest BCUT2D eigenvalue weighted by Gasteiger charge is -2.38. The largest absolute Gasteiger partial charge is 0.383 e. The van der Waals surface area contributed by atoms with E-state index in [2.05, 4.69) is 5.32 Å². The van der Waals surface area contributed by atoms with Gasteiger partial charge in [0.15, 0.2) is 0 Å². The summed E-state index contributed by atoms with van der Waals surface area (Å²) in [4.78, 5) is 14.2. The third-order valence-corrected chi connectivity index (χ3v) is 3.71. The van der Waals surface area contributed by atoms with Gasteiger partial charge in [-0.15, -0.1) is 0 Å². The molecule has 1 amide bonds. The molecule has 0 aromatic heterocycles. The van der Waals surface area contributed by atoms with Gasteiger partial charge in [0.25, 0.3) is 0 Å². The van der Waals surface area contributed by atoms with Crippen molar-refractivity contribution in [2.75, 3.05) is 33.9 Å². The van der Waals surface area contributed by atoms with Crippen LogP contribution in [0.2, 0.25) is 0 Å². The summed E-state index contributed by atoms with van der Waals surface area (Å²) in [5.74, 6) is 0.203. The summed E-state index contributed by atoms with van der Waals surface area (Å²) >= 11 is 0. The predicted molar refractivity (Wildman–Crippen MR) is 68.9 cm³/mol. The van der Waals surface area contributed by atoms with Crippen molar-refractivity contribution in [3.63, 3.8) is 0 Å². The second kappa shape index (κ2) is 6.36. The van der Waals surface area contributed by atoms with Crippen LogP contribution < -0.4 is 5.32 Å². The van der Waals surface area contributed by atoms with Crippen molar-refractivity contribution < 1.29 is 9.53 Å². The molecule has 0 aromatic carbocycles. The summed E-state index contributed by atoms with van der Waals surface area (Å²) in [7, 11) is 3.51. The monoisotopic (exact) mass is 242 g/mol. The molecule has 0 aromatic rings. The molecule has 17 heavy (non-hydrogen) atoms. The highest BCUT2D eigenvalue weighted by Crippen LogP contribution is 2.28. The highest BCUT2D eigenvalue weighted by Gasteiger charge is 2.38. The van der Waals surface area contributed by atoms with Crippen molar-refractivity contribution >= 4 is 5.91 Å². The fourth-order valence-corrected chi connectivity index (χ4v) is 2.44. The van der Waals surface area contributed by atoms with Gasteiger partial charge in [0.2, 0.25) is 5.91 Å². The molecule has 1 saturated heterocycles. The summed E-state index contributed by atoms with van der Waals surface area (Å²) in [6.07, 6.45) is 3.54. The Morgan fingerprint density at radius 2 is 2.18 bits per heavy atom. The zero-order valence-corrected chi connectivity index (χ0v) is 11.6. The van der Waals surface area contributed by atoms with Crippen molar-refractivity contribution in [1.29, 1.82) is 0 Å². The average Bonchev–Trinajstić information content (AvgIpc) is 2.36. The number of amides is 1. The predicted octanol–water partition coefficient (Wildman–Crippen LogP) is 1.26. The fraction of sp³-hybridized carbons (Fsp3) is 0.923. The number of ether oxygens (including phenoxy) is 1. The number of piperidine rings is 1. The van der Waals surface area contributed by atoms with Crippen LogP contribution in [0.25, 0.3) is 0 Å². The van der Waals surface area contributed by atoms with Gasteiger partial charge in [-0.1, -0.05) is 6.42 Å². The van der Waals surface area contributed by atoms with E-state index in [0.29, 0.717) is 19.2 Å². The van der Waals surface area contributed by atoms with Gasteiger partial charge in [-0.2, -0.15) is 0 Å². The normalized spacial score (nSPS) is 21.3. The van der Waals surface area contributed by atoms with Crippen molar-refractivity contribution in [3.05, 3.63) is 0 Å². The topological polar surface area (TPSA) is 41.6 Å². The van der Waals surface area contributed by atoms with E-state index in [-0.39, 0.29) is 11.3 Å². The van der Waals surface area contributed by atoms with Gasteiger partial charge in [-0.05, 0) is 33.2 Å². The molecule has 0 radical (unpaired) electrons. The molecule has 1 N–H and O–H groups in total. The Bertz CT molecular complexity index is 248. The second-order valence-electron chi connectivity index (χ2n) is 5.44. The molecule has 1 aliphatic heterocycles. The molecule has 0 aliphatic carbocycles. The summed E-state index contributed by atoms with van der Waals surface area (Å²) in [6, 6.07) is 0.300. The van der Waals surface area contributed by atoms with Crippen LogP contribution >= 0.6 is 0 Å². The Morgan fingerprint density at radius 3 is 2.71 bits per heavy atom. The molecule has 0 bridgehead atoms. The summed E-state index contributed by atoms with van der Waals surface area (Å²) in [5, 5.41) is 3.47. The molecule has 1 heterocycles. The van der Waals surface area contributed by atoms with E-state index in [4.69, 9.17) is 4.74 Å². The third kappa shape index (κ3) is 3.68. The van der Waals surface area contributed by atoms with Gasteiger partial charge in [0.05, 0.1) is 12.0 Å². The SMILES string of the molecule is COCCN(C)C(=O)C(C)(C)C1CCCCN1. The van der Waals surface area contributed by atoms with Gasteiger partial charge in [0.1, 0.15) is 0 Å². The number of likely N-dealkylation sites (N-methyl/N-ethyl adjacent to an activating group) is 1. The molecule has 1 atom stereocenters. The maximum atomic E-state index is 12.4. The molecular weight excluding hydrogens is 216 g/mol. The maximum absolute atomic E-state index is 12.4. The van der Waals surface area contributed by atoms with E-state index < -0.39 is 0 Å². The number of hydrogen-bond donors (Lipinski definition) is 1. The first-order valence-electron chi connectivity index (χ1n) is 6.48. The minimum atomic E-state index is -0.330. The first-order chi connectivity index (χ1) is 8.00. The Hall–Kier alpha value is -0.610. The van der Waals surface area contributed by atoms with E-state index in [9.17, 15) is 4.79 Å². The zero-order chi connectivity index (χ0) is 12.9. The van der Waals surface area contributed by atoms with Crippen molar-refractivity contribution in [2.45, 2.75) is 39.2 Å². The van der Waals surface area contributed by atoms with Crippen LogP contribution in [0.1, 0.15) is 33.1 Å². The number of hydrogen-bond acceptors (Lipinski definition) is 3. The number of carbonyl (C=O) groups is 1. The van der Waals surface area contributed by atoms with Gasteiger partial charge in [0, 0.05) is 26.7 Å². The molecule has 4 heteroatoms. The first kappa shape index (κ1) is 14.5. The van der Waals surface area contributed by atoms with Crippen LogP contribution in [0.5, 0.6) is 0 Å². The van der Waals surface area contributed by atoms with Crippen LogP contribution in [0.3, 0.4) is 0 Å². The van der Waals surface area contributed by atoms with E-state index in [1.807, 2.05) is 20.9 Å². The Morgan fingerprint density at radius 1 is 1.47 bits per heavy atom. The summed E-state index contributed by atoms with van der Waals surface area (Å²) < 4.78 is 5.01. The second-order valence-corrected chi connectivity index (χ2v) is 5.44. The van der Waals surface area contributed by atoms with Gasteiger partial charge < -0.3 is 15.0 Å². The quantitative estimate of drug-likeness (QED) is 0.789. The minimum Gasteiger partial charge on any atom is -0.383 e. The molecule has 1 rings (SSSR count). The van der Waals surface area contributed by atoms with Gasteiger partial charge in [-0.3, -0.25) is 4.79 Å². The van der Waals surface area contributed by atoms with Crippen LogP contribution in [0.15, 0.2) is 0 Å². The van der Waals surface area contributed by atoms with Crippen molar-refractivity contribution in [3.8, 4) is 0 Å². The molecule has 1 fully saturated rings. The molecule has 0 saturated carbocycles. The molecule has 1 unspecified atom stereocenters. The van der Waals surface area contributed by atoms with Crippen molar-refractivity contribution in [2.24, 2.45) is 5.41 Å². The molecule has 4 nitrogen and oxygen atoms in total. The third-order valence-electron chi connectivity index (χ3n) is 3.71. The molecule has 0 spiro atoms. The number of nitrogens with one attached hydrogen (secondary N) is 1. The average molecular weight is 242 g/mol. The van der Waals surface area contributed by atoms with Crippen LogP contribution in [0, 0.1) is 5.41 Å². The van der Waals surface area contributed by atoms with E-state index in [1.54, 1.807) is 12.0 Å². The highest BCUT2D eigenvalue weighted by atomic mass is 16.5. The highest BCUT2D eigenvalue weighted by molar-refractivity contribution is 5.82. The van der Waals surface area contributed by atoms with Crippen LogP contribution in [-0.4, -0.2) is 50.7 Å². The number of methoxy groups -OCH3 is 1. The number of nitrogens with zero attached hydrogens (tertiary/aromatic N) is 1. The molecule has 100 valence electrons. The number of rotatable bonds is 5. The van der Waals surface area contributed by atoms with Gasteiger partial charge >= 0.3 is 0 Å². The summed E-state index contributed by atoms with van der Waals surface area (Å²) in [6.45, 7) is 6.37. The lowest BCUT2D eigenvalue weighted by Crippen LogP contribution is -2.53. The number of carbonyl (C=O) groups excluding carboxylic acids is 1. The van der Waals surface area contributed by atoms with Crippen LogP contribution in [0.4, 0.5) is 0 Å². The molecular formula is C13H26N2O2. The van der Waals surface area contributed by atoms with Gasteiger partial charge in [-0.25, -0.2) is 0 Å². The summed E-state index contributed by atoms with van der Waals surface area (Å²) in [5.41, 5.74) is -0.330. The molecule has 1 aliphatic rings. The van der Waals surface area contributed by atoms with Crippen LogP contribution in [-0.2, 0) is 9.53 Å². The Labute approximate surface area is 105 Å². The fourth-order valence-electron chi connectivity index (χ4n) is 2.44. The first-order valence-corrected chi connectivity index (χ1v) is 6.48. The van der Waals surface area contributed by atoms with E-state index in [1.165, 1.54) is 12.8 Å². The Kier molecular flexibility index (Phi) is 5.40. The maximum Gasteiger partial charge on any atom is 0.229 e.